The number of benzene rings is 2. The molecule has 49 heavy (non-hydrogen) atoms. The topological polar surface area (TPSA) is 124 Å². The standard InChI is InChI=1S/C39H48N6O4/c1-6-38(15-18-44(19-16-38)35(48)37(2,3)4)36(49)45(24-28-11-8-7-10-27(28)23-40-5)25-32(46)42-30-14-13-26-21-39(22-29(26)20-30)31-12-9-17-41-33(31)43-34(39)47/h7-14,17,20,40H,6,15-16,18-19,21-25H2,1-5H3,(H,42,46)(H,41,43,47)/t39-/m1/s1. The zero-order chi connectivity index (χ0) is 35.0. The normalized spacial score (nSPS) is 19.3. The quantitative estimate of drug-likeness (QED) is 0.302. The van der Waals surface area contributed by atoms with Crippen LogP contribution in [0.1, 0.15) is 74.8 Å². The molecule has 3 N–H and O–H groups in total. The molecule has 3 aliphatic rings. The number of rotatable bonds is 9. The van der Waals surface area contributed by atoms with Crippen LogP contribution in [0.25, 0.3) is 0 Å². The van der Waals surface area contributed by atoms with Gasteiger partial charge < -0.3 is 25.8 Å². The Morgan fingerprint density at radius 3 is 2.39 bits per heavy atom. The van der Waals surface area contributed by atoms with Gasteiger partial charge in [-0.05, 0) is 79.6 Å². The summed E-state index contributed by atoms with van der Waals surface area (Å²) < 4.78 is 0. The molecular weight excluding hydrogens is 616 g/mol. The maximum absolute atomic E-state index is 14.6. The molecule has 258 valence electrons. The molecule has 10 nitrogen and oxygen atoms in total. The number of piperidine rings is 1. The number of nitrogens with zero attached hydrogens (tertiary/aromatic N) is 3. The van der Waals surface area contributed by atoms with E-state index >= 15 is 0 Å². The number of fused-ring (bicyclic) bond motifs is 3. The van der Waals surface area contributed by atoms with Gasteiger partial charge in [-0.15, -0.1) is 0 Å². The maximum atomic E-state index is 14.6. The van der Waals surface area contributed by atoms with E-state index in [9.17, 15) is 19.2 Å². The van der Waals surface area contributed by atoms with Gasteiger partial charge in [-0.25, -0.2) is 4.98 Å². The van der Waals surface area contributed by atoms with E-state index in [2.05, 4.69) is 20.9 Å². The Balaban J connectivity index is 1.21. The number of amides is 4. The van der Waals surface area contributed by atoms with Crippen molar-refractivity contribution in [3.05, 3.63) is 88.6 Å². The molecule has 4 amide bonds. The Hall–Kier alpha value is -4.57. The molecule has 10 heteroatoms. The molecule has 3 heterocycles. The molecule has 1 saturated heterocycles. The summed E-state index contributed by atoms with van der Waals surface area (Å²) in [6.07, 6.45) is 4.52. The highest BCUT2D eigenvalue weighted by atomic mass is 16.2. The van der Waals surface area contributed by atoms with Gasteiger partial charge in [-0.1, -0.05) is 64.1 Å². The van der Waals surface area contributed by atoms with E-state index in [0.29, 0.717) is 69.8 Å². The molecule has 2 aliphatic heterocycles. The molecule has 6 rings (SSSR count). The van der Waals surface area contributed by atoms with Crippen LogP contribution < -0.4 is 16.0 Å². The van der Waals surface area contributed by atoms with Gasteiger partial charge in [-0.3, -0.25) is 19.2 Å². The van der Waals surface area contributed by atoms with Crippen molar-refractivity contribution in [2.75, 3.05) is 37.3 Å². The lowest BCUT2D eigenvalue weighted by Gasteiger charge is -2.44. The number of nitrogens with one attached hydrogen (secondary N) is 3. The van der Waals surface area contributed by atoms with Crippen molar-refractivity contribution in [1.29, 1.82) is 0 Å². The van der Waals surface area contributed by atoms with Crippen molar-refractivity contribution in [2.24, 2.45) is 10.8 Å². The molecule has 1 atom stereocenters. The molecule has 3 aromatic rings. The summed E-state index contributed by atoms with van der Waals surface area (Å²) in [7, 11) is 1.89. The number of pyridine rings is 1. The van der Waals surface area contributed by atoms with Gasteiger partial charge in [0.15, 0.2) is 0 Å². The summed E-state index contributed by atoms with van der Waals surface area (Å²) in [4.78, 5) is 62.5. The highest BCUT2D eigenvalue weighted by molar-refractivity contribution is 6.06. The minimum atomic E-state index is -0.694. The molecule has 0 unspecified atom stereocenters. The van der Waals surface area contributed by atoms with Crippen LogP contribution in [0.15, 0.2) is 60.8 Å². The Bertz CT molecular complexity index is 1770. The molecule has 0 radical (unpaired) electrons. The lowest BCUT2D eigenvalue weighted by atomic mass is 9.74. The number of hydrogen-bond acceptors (Lipinski definition) is 6. The van der Waals surface area contributed by atoms with Crippen LogP contribution in [0.5, 0.6) is 0 Å². The Labute approximate surface area is 289 Å². The van der Waals surface area contributed by atoms with Crippen molar-refractivity contribution in [3.63, 3.8) is 0 Å². The zero-order valence-corrected chi connectivity index (χ0v) is 29.3. The molecule has 0 bridgehead atoms. The van der Waals surface area contributed by atoms with E-state index in [-0.39, 0.29) is 30.2 Å². The third kappa shape index (κ3) is 6.58. The summed E-state index contributed by atoms with van der Waals surface area (Å²) in [6.45, 7) is 9.66. The first-order valence-corrected chi connectivity index (χ1v) is 17.4. The van der Waals surface area contributed by atoms with Gasteiger partial charge >= 0.3 is 0 Å². The first-order chi connectivity index (χ1) is 23.4. The van der Waals surface area contributed by atoms with Gasteiger partial charge in [0.05, 0.1) is 10.8 Å². The lowest BCUT2D eigenvalue weighted by Crippen LogP contribution is -2.53. The van der Waals surface area contributed by atoms with Crippen molar-refractivity contribution in [2.45, 2.75) is 78.3 Å². The third-order valence-electron chi connectivity index (χ3n) is 10.7. The van der Waals surface area contributed by atoms with Gasteiger partial charge in [0.25, 0.3) is 0 Å². The third-order valence-corrected chi connectivity index (χ3v) is 10.7. The second-order valence-electron chi connectivity index (χ2n) is 15.0. The highest BCUT2D eigenvalue weighted by Crippen LogP contribution is 2.47. The fourth-order valence-electron chi connectivity index (χ4n) is 7.86. The summed E-state index contributed by atoms with van der Waals surface area (Å²) in [5.74, 6) is 0.325. The minimum absolute atomic E-state index is 0.0471. The van der Waals surface area contributed by atoms with Crippen LogP contribution in [0.4, 0.5) is 11.5 Å². The largest absolute Gasteiger partial charge is 0.342 e. The summed E-state index contributed by atoms with van der Waals surface area (Å²) in [5.41, 5.74) is 3.84. The lowest BCUT2D eigenvalue weighted by molar-refractivity contribution is -0.152. The Morgan fingerprint density at radius 1 is 0.980 bits per heavy atom. The van der Waals surface area contributed by atoms with Crippen LogP contribution in [-0.4, -0.2) is 65.1 Å². The number of likely N-dealkylation sites (tertiary alicyclic amines) is 1. The van der Waals surface area contributed by atoms with Crippen LogP contribution >= 0.6 is 0 Å². The first-order valence-electron chi connectivity index (χ1n) is 17.4. The van der Waals surface area contributed by atoms with E-state index in [1.54, 1.807) is 11.1 Å². The average molecular weight is 665 g/mol. The summed E-state index contributed by atoms with van der Waals surface area (Å²) in [6, 6.07) is 17.6. The number of carbonyl (C=O) groups excluding carboxylic acids is 4. The van der Waals surface area contributed by atoms with E-state index in [1.165, 1.54) is 0 Å². The van der Waals surface area contributed by atoms with Crippen molar-refractivity contribution >= 4 is 35.1 Å². The molecule has 1 aromatic heterocycles. The maximum Gasteiger partial charge on any atom is 0.244 e. The molecular formula is C39H48N6O4. The second-order valence-corrected chi connectivity index (χ2v) is 15.0. The second kappa shape index (κ2) is 13.4. The van der Waals surface area contributed by atoms with Gasteiger partial charge in [0, 0.05) is 49.0 Å². The Morgan fingerprint density at radius 2 is 1.69 bits per heavy atom. The summed E-state index contributed by atoms with van der Waals surface area (Å²) >= 11 is 0. The fourth-order valence-corrected chi connectivity index (χ4v) is 7.86. The van der Waals surface area contributed by atoms with Crippen LogP contribution in [0, 0.1) is 10.8 Å². The van der Waals surface area contributed by atoms with Crippen LogP contribution in [0.2, 0.25) is 0 Å². The number of anilines is 2. The van der Waals surface area contributed by atoms with E-state index in [4.69, 9.17) is 0 Å². The monoisotopic (exact) mass is 664 g/mol. The molecule has 1 aliphatic carbocycles. The summed E-state index contributed by atoms with van der Waals surface area (Å²) in [5, 5.41) is 9.21. The minimum Gasteiger partial charge on any atom is -0.342 e. The molecule has 1 spiro atoms. The number of carbonyl (C=O) groups is 4. The molecule has 2 aromatic carbocycles. The highest BCUT2D eigenvalue weighted by Gasteiger charge is 2.51. The predicted molar refractivity (Wildman–Crippen MR) is 190 cm³/mol. The number of hydrogen-bond donors (Lipinski definition) is 3. The average Bonchev–Trinajstić information content (AvgIpc) is 3.60. The molecule has 0 saturated carbocycles. The van der Waals surface area contributed by atoms with Crippen molar-refractivity contribution in [1.82, 2.24) is 20.1 Å². The smallest absolute Gasteiger partial charge is 0.244 e. The van der Waals surface area contributed by atoms with Gasteiger partial charge in [-0.2, -0.15) is 0 Å². The van der Waals surface area contributed by atoms with E-state index in [1.807, 2.05) is 94.2 Å². The Kier molecular flexibility index (Phi) is 9.37. The van der Waals surface area contributed by atoms with Crippen molar-refractivity contribution < 1.29 is 19.2 Å². The van der Waals surface area contributed by atoms with Crippen LogP contribution in [0.3, 0.4) is 0 Å². The molecule has 1 fully saturated rings. The first kappa shape index (κ1) is 34.3. The van der Waals surface area contributed by atoms with Gasteiger partial charge in [0.1, 0.15) is 12.4 Å². The number of aromatic nitrogens is 1. The van der Waals surface area contributed by atoms with E-state index in [0.717, 1.165) is 27.8 Å². The predicted octanol–water partition coefficient (Wildman–Crippen LogP) is 4.82. The SMILES string of the molecule is CCC1(C(=O)N(CC(=O)Nc2ccc3c(c2)C[C@@]2(C3)C(=O)Nc3ncccc32)Cc2ccccc2CNC)CCN(C(=O)C(C)(C)C)CC1. The van der Waals surface area contributed by atoms with Crippen LogP contribution in [-0.2, 0) is 50.5 Å². The van der Waals surface area contributed by atoms with E-state index < -0.39 is 16.2 Å². The van der Waals surface area contributed by atoms with Crippen molar-refractivity contribution in [3.8, 4) is 0 Å². The fraction of sp³-hybridized carbons (Fsp3) is 0.462. The van der Waals surface area contributed by atoms with Gasteiger partial charge in [0.2, 0.25) is 23.6 Å². The zero-order valence-electron chi connectivity index (χ0n) is 29.3.